The van der Waals surface area contributed by atoms with Gasteiger partial charge in [-0.3, -0.25) is 0 Å². The van der Waals surface area contributed by atoms with Crippen LogP contribution in [0.3, 0.4) is 0 Å². The molecule has 0 saturated carbocycles. The molecule has 0 aliphatic carbocycles. The lowest BCUT2D eigenvalue weighted by Crippen LogP contribution is -2.08. The number of aryl methyl sites for hydroxylation is 1. The van der Waals surface area contributed by atoms with Crippen LogP contribution in [-0.2, 0) is 0 Å². The minimum atomic E-state index is 0.384. The highest BCUT2D eigenvalue weighted by Gasteiger charge is 2.11. The first kappa shape index (κ1) is 12.5. The van der Waals surface area contributed by atoms with E-state index in [-0.39, 0.29) is 0 Å². The van der Waals surface area contributed by atoms with Gasteiger partial charge in [0.25, 0.3) is 0 Å². The fourth-order valence-electron chi connectivity index (χ4n) is 1.84. The van der Waals surface area contributed by atoms with Crippen LogP contribution in [0.5, 0.6) is 0 Å². The van der Waals surface area contributed by atoms with Crippen LogP contribution in [0, 0.1) is 6.92 Å². The monoisotopic (exact) mass is 265 g/mol. The Kier molecular flexibility index (Phi) is 4.08. The van der Waals surface area contributed by atoms with Crippen molar-refractivity contribution in [1.82, 2.24) is 0 Å². The first-order valence-corrected chi connectivity index (χ1v) is 7.02. The molecule has 1 atom stereocenters. The average molecular weight is 266 g/mol. The van der Waals surface area contributed by atoms with Gasteiger partial charge in [-0.2, -0.15) is 0 Å². The summed E-state index contributed by atoms with van der Waals surface area (Å²) in [5.74, 6) is 0. The Bertz CT molecular complexity index is 479. The van der Waals surface area contributed by atoms with Crippen molar-refractivity contribution in [3.05, 3.63) is 51.2 Å². The second kappa shape index (κ2) is 5.56. The van der Waals surface area contributed by atoms with E-state index in [9.17, 15) is 0 Å². The topological polar surface area (TPSA) is 12.0 Å². The smallest absolute Gasteiger partial charge is 0.0604 e. The molecule has 3 heteroatoms. The highest BCUT2D eigenvalue weighted by atomic mass is 35.5. The zero-order chi connectivity index (χ0) is 12.3. The van der Waals surface area contributed by atoms with E-state index in [1.54, 1.807) is 11.3 Å². The Hall–Kier alpha value is -0.990. The zero-order valence-corrected chi connectivity index (χ0v) is 11.6. The molecule has 2 rings (SSSR count). The molecule has 1 N–H and O–H groups in total. The van der Waals surface area contributed by atoms with Gasteiger partial charge in [-0.1, -0.05) is 24.6 Å². The van der Waals surface area contributed by atoms with Crippen molar-refractivity contribution in [2.45, 2.75) is 26.3 Å². The van der Waals surface area contributed by atoms with Crippen LogP contribution in [0.25, 0.3) is 0 Å². The number of rotatable bonds is 4. The van der Waals surface area contributed by atoms with Gasteiger partial charge in [-0.15, -0.1) is 11.3 Å². The van der Waals surface area contributed by atoms with Crippen LogP contribution in [-0.4, -0.2) is 0 Å². The molecule has 0 fully saturated rings. The largest absolute Gasteiger partial charge is 0.377 e. The molecular weight excluding hydrogens is 250 g/mol. The number of nitrogens with one attached hydrogen (secondary N) is 1. The number of thiophene rings is 1. The summed E-state index contributed by atoms with van der Waals surface area (Å²) in [6.07, 6.45) is 1.07. The van der Waals surface area contributed by atoms with Gasteiger partial charge in [0.15, 0.2) is 0 Å². The molecule has 0 saturated heterocycles. The van der Waals surface area contributed by atoms with Crippen molar-refractivity contribution in [1.29, 1.82) is 0 Å². The van der Waals surface area contributed by atoms with E-state index in [0.717, 1.165) is 17.1 Å². The third kappa shape index (κ3) is 3.02. The lowest BCUT2D eigenvalue weighted by molar-refractivity contribution is 0.763. The van der Waals surface area contributed by atoms with Crippen LogP contribution >= 0.6 is 22.9 Å². The maximum atomic E-state index is 5.96. The first-order valence-electron chi connectivity index (χ1n) is 5.76. The van der Waals surface area contributed by atoms with Gasteiger partial charge < -0.3 is 5.32 Å². The summed E-state index contributed by atoms with van der Waals surface area (Å²) in [6.45, 7) is 4.28. The van der Waals surface area contributed by atoms with E-state index in [1.165, 1.54) is 10.4 Å². The molecule has 1 aromatic heterocycles. The van der Waals surface area contributed by atoms with Crippen molar-refractivity contribution in [3.63, 3.8) is 0 Å². The molecule has 0 amide bonds. The molecule has 0 aliphatic rings. The number of anilines is 1. The fourth-order valence-corrected chi connectivity index (χ4v) is 2.93. The van der Waals surface area contributed by atoms with Gasteiger partial charge in [-0.05, 0) is 48.6 Å². The Morgan fingerprint density at radius 3 is 2.76 bits per heavy atom. The predicted octanol–water partition coefficient (Wildman–Crippen LogP) is 5.27. The van der Waals surface area contributed by atoms with Crippen molar-refractivity contribution >= 4 is 28.6 Å². The maximum absolute atomic E-state index is 5.96. The van der Waals surface area contributed by atoms with Crippen LogP contribution in [0.4, 0.5) is 5.69 Å². The van der Waals surface area contributed by atoms with Crippen molar-refractivity contribution in [3.8, 4) is 0 Å². The van der Waals surface area contributed by atoms with Gasteiger partial charge in [0.2, 0.25) is 0 Å². The van der Waals surface area contributed by atoms with Crippen molar-refractivity contribution in [2.24, 2.45) is 0 Å². The lowest BCUT2D eigenvalue weighted by Gasteiger charge is -2.18. The fraction of sp³-hybridized carbons (Fsp3) is 0.286. The van der Waals surface area contributed by atoms with Gasteiger partial charge >= 0.3 is 0 Å². The summed E-state index contributed by atoms with van der Waals surface area (Å²) in [7, 11) is 0. The molecule has 2 aromatic rings. The van der Waals surface area contributed by atoms with E-state index in [1.807, 2.05) is 18.2 Å². The molecule has 1 unspecified atom stereocenters. The molecule has 90 valence electrons. The Morgan fingerprint density at radius 1 is 1.35 bits per heavy atom. The normalized spacial score (nSPS) is 12.4. The maximum Gasteiger partial charge on any atom is 0.0604 e. The quantitative estimate of drug-likeness (QED) is 0.794. The molecular formula is C14H16ClNS. The summed E-state index contributed by atoms with van der Waals surface area (Å²) in [4.78, 5) is 1.38. The van der Waals surface area contributed by atoms with E-state index < -0.39 is 0 Å². The minimum Gasteiger partial charge on any atom is -0.377 e. The summed E-state index contributed by atoms with van der Waals surface area (Å²) < 4.78 is 0. The summed E-state index contributed by atoms with van der Waals surface area (Å²) in [6, 6.07) is 10.6. The summed E-state index contributed by atoms with van der Waals surface area (Å²) in [5.41, 5.74) is 2.35. The first-order chi connectivity index (χ1) is 8.20. The Balaban J connectivity index is 2.19. The van der Waals surface area contributed by atoms with E-state index in [4.69, 9.17) is 11.6 Å². The van der Waals surface area contributed by atoms with Crippen LogP contribution in [0.1, 0.15) is 29.8 Å². The number of hydrogen-bond acceptors (Lipinski definition) is 2. The Labute approximate surface area is 111 Å². The van der Waals surface area contributed by atoms with Gasteiger partial charge in [0, 0.05) is 15.6 Å². The van der Waals surface area contributed by atoms with Gasteiger partial charge in [0.05, 0.1) is 6.04 Å². The lowest BCUT2D eigenvalue weighted by atomic mass is 10.1. The molecule has 0 bridgehead atoms. The molecule has 0 radical (unpaired) electrons. The molecule has 1 nitrogen and oxygen atoms in total. The van der Waals surface area contributed by atoms with E-state index >= 15 is 0 Å². The van der Waals surface area contributed by atoms with Gasteiger partial charge in [0.1, 0.15) is 0 Å². The zero-order valence-electron chi connectivity index (χ0n) is 10.0. The highest BCUT2D eigenvalue weighted by Crippen LogP contribution is 2.28. The van der Waals surface area contributed by atoms with Crippen LogP contribution in [0.2, 0.25) is 5.02 Å². The molecule has 17 heavy (non-hydrogen) atoms. The second-order valence-corrected chi connectivity index (χ2v) is 5.50. The SMILES string of the molecule is CCC(Nc1ccc(Cl)cc1C)c1cccs1. The van der Waals surface area contributed by atoms with Gasteiger partial charge in [-0.25, -0.2) is 0 Å². The van der Waals surface area contributed by atoms with E-state index in [0.29, 0.717) is 6.04 Å². The molecule has 0 aliphatic heterocycles. The van der Waals surface area contributed by atoms with Crippen molar-refractivity contribution < 1.29 is 0 Å². The molecule has 0 spiro atoms. The third-order valence-electron chi connectivity index (χ3n) is 2.81. The highest BCUT2D eigenvalue weighted by molar-refractivity contribution is 7.10. The number of hydrogen-bond donors (Lipinski definition) is 1. The van der Waals surface area contributed by atoms with Crippen LogP contribution in [0.15, 0.2) is 35.7 Å². The average Bonchev–Trinajstić information content (AvgIpc) is 2.81. The van der Waals surface area contributed by atoms with Crippen molar-refractivity contribution in [2.75, 3.05) is 5.32 Å². The predicted molar refractivity (Wildman–Crippen MR) is 77.2 cm³/mol. The molecule has 1 aromatic carbocycles. The summed E-state index contributed by atoms with van der Waals surface area (Å²) >= 11 is 7.76. The van der Waals surface area contributed by atoms with E-state index in [2.05, 4.69) is 36.7 Å². The number of halogens is 1. The summed E-state index contributed by atoms with van der Waals surface area (Å²) in [5, 5.41) is 6.49. The number of benzene rings is 1. The minimum absolute atomic E-state index is 0.384. The molecule has 1 heterocycles. The van der Waals surface area contributed by atoms with Crippen LogP contribution < -0.4 is 5.32 Å². The standard InChI is InChI=1S/C14H16ClNS/c1-3-12(14-5-4-8-17-14)16-13-7-6-11(15)9-10(13)2/h4-9,12,16H,3H2,1-2H3. The third-order valence-corrected chi connectivity index (χ3v) is 4.03. The second-order valence-electron chi connectivity index (χ2n) is 4.08. The Morgan fingerprint density at radius 2 is 2.18 bits per heavy atom.